The average Bonchev–Trinajstić information content (AvgIpc) is 3.41. The summed E-state index contributed by atoms with van der Waals surface area (Å²) in [5.74, 6) is 0.460. The van der Waals surface area contributed by atoms with E-state index in [0.717, 1.165) is 16.7 Å². The van der Waals surface area contributed by atoms with Crippen molar-refractivity contribution in [1.82, 2.24) is 29.6 Å². The largest absolute Gasteiger partial charge is 0.327 e. The monoisotopic (exact) mass is 605 g/mol. The Hall–Kier alpha value is -3.64. The number of aromatic nitrogens is 5. The maximum absolute atomic E-state index is 13.6. The van der Waals surface area contributed by atoms with Gasteiger partial charge in [-0.25, -0.2) is 15.0 Å². The van der Waals surface area contributed by atoms with Gasteiger partial charge < -0.3 is 10.2 Å². The van der Waals surface area contributed by atoms with Crippen LogP contribution in [-0.4, -0.2) is 70.3 Å². The lowest BCUT2D eigenvalue weighted by molar-refractivity contribution is -0.137. The second-order valence-electron chi connectivity index (χ2n) is 9.73. The predicted octanol–water partition coefficient (Wildman–Crippen LogP) is 3.80. The Morgan fingerprint density at radius 1 is 1.10 bits per heavy atom. The number of anilines is 1. The zero-order valence-electron chi connectivity index (χ0n) is 21.4. The number of rotatable bonds is 6. The van der Waals surface area contributed by atoms with E-state index < -0.39 is 6.04 Å². The number of amides is 2. The van der Waals surface area contributed by atoms with Crippen LogP contribution in [0.25, 0.3) is 22.0 Å². The maximum atomic E-state index is 13.6. The number of benzene rings is 1. The number of halogens is 1. The number of Topliss-reactive ketones (excluding diaryl/α,β-unsaturated/α-hetero) is 1. The molecule has 3 atom stereocenters. The molecule has 198 valence electrons. The van der Waals surface area contributed by atoms with E-state index in [9.17, 15) is 14.4 Å². The van der Waals surface area contributed by atoms with E-state index in [1.807, 2.05) is 44.2 Å². The molecule has 6 rings (SSSR count). The van der Waals surface area contributed by atoms with Crippen molar-refractivity contribution in [3.63, 3.8) is 0 Å². The first-order valence-corrected chi connectivity index (χ1v) is 14.1. The summed E-state index contributed by atoms with van der Waals surface area (Å²) in [5.41, 5.74) is 3.45. The van der Waals surface area contributed by atoms with Crippen LogP contribution < -0.4 is 5.32 Å². The topological polar surface area (TPSA) is 123 Å². The van der Waals surface area contributed by atoms with Crippen molar-refractivity contribution >= 4 is 62.0 Å². The fourth-order valence-corrected chi connectivity index (χ4v) is 6.46. The van der Waals surface area contributed by atoms with Gasteiger partial charge in [-0.3, -0.25) is 19.1 Å². The molecule has 2 aliphatic heterocycles. The van der Waals surface area contributed by atoms with Gasteiger partial charge in [-0.05, 0) is 59.1 Å². The lowest BCUT2D eigenvalue weighted by Gasteiger charge is -2.26. The number of ketones is 1. The minimum absolute atomic E-state index is 0.0582. The molecule has 0 aliphatic carbocycles. The maximum Gasteiger partial charge on any atom is 0.249 e. The molecule has 2 saturated heterocycles. The molecule has 10 nitrogen and oxygen atoms in total. The number of aryl methyl sites for hydroxylation is 2. The van der Waals surface area contributed by atoms with Crippen molar-refractivity contribution in [3.05, 3.63) is 64.4 Å². The van der Waals surface area contributed by atoms with E-state index >= 15 is 0 Å². The van der Waals surface area contributed by atoms with Crippen LogP contribution in [0.2, 0.25) is 0 Å². The Balaban J connectivity index is 1.27. The van der Waals surface area contributed by atoms with Gasteiger partial charge in [0.15, 0.2) is 5.78 Å². The lowest BCUT2D eigenvalue weighted by Crippen LogP contribution is -2.47. The second kappa shape index (κ2) is 9.83. The zero-order valence-corrected chi connectivity index (χ0v) is 23.8. The summed E-state index contributed by atoms with van der Waals surface area (Å²) in [7, 11) is 0. The normalized spacial score (nSPS) is 19.7. The molecule has 1 aromatic carbocycles. The second-order valence-corrected chi connectivity index (χ2v) is 12.0. The third-order valence-corrected chi connectivity index (χ3v) is 8.84. The molecule has 2 fully saturated rings. The molecule has 0 spiro atoms. The van der Waals surface area contributed by atoms with Crippen molar-refractivity contribution in [2.24, 2.45) is 0 Å². The Morgan fingerprint density at radius 3 is 2.62 bits per heavy atom. The first-order chi connectivity index (χ1) is 18.7. The molecule has 0 radical (unpaired) electrons. The van der Waals surface area contributed by atoms with Crippen LogP contribution in [0, 0.1) is 13.8 Å². The summed E-state index contributed by atoms with van der Waals surface area (Å²) in [6, 6.07) is 8.69. The standard InChI is InChI=1S/C27H24BrN7O3S/c1-13-4-7-21(28)31-26(13)32-27(38)24-25-20(39-25)11-34(24)22(37)12-35-19-6-5-16(17-9-29-15(3)30-10-17)8-18(19)23(33-35)14(2)36/h4-10,20,24-25H,11-12H2,1-3H3,(H,31,32,38)/t20-,24-,25-/m0/s1. The van der Waals surface area contributed by atoms with E-state index in [2.05, 4.69) is 41.3 Å². The van der Waals surface area contributed by atoms with E-state index in [-0.39, 0.29) is 40.3 Å². The summed E-state index contributed by atoms with van der Waals surface area (Å²) in [6.07, 6.45) is 3.47. The van der Waals surface area contributed by atoms with Gasteiger partial charge in [-0.1, -0.05) is 12.1 Å². The van der Waals surface area contributed by atoms with Crippen molar-refractivity contribution in [2.75, 3.05) is 11.9 Å². The average molecular weight is 607 g/mol. The fraction of sp³-hybridized carbons (Fsp3) is 0.296. The summed E-state index contributed by atoms with van der Waals surface area (Å²) >= 11 is 5.05. The first-order valence-electron chi connectivity index (χ1n) is 12.4. The Kier molecular flexibility index (Phi) is 6.46. The van der Waals surface area contributed by atoms with Crippen LogP contribution in [0.3, 0.4) is 0 Å². The third kappa shape index (κ3) is 4.82. The van der Waals surface area contributed by atoms with Gasteiger partial charge in [0, 0.05) is 47.3 Å². The quantitative estimate of drug-likeness (QED) is 0.200. The molecule has 2 aliphatic rings. The predicted molar refractivity (Wildman–Crippen MR) is 151 cm³/mol. The van der Waals surface area contributed by atoms with Gasteiger partial charge in [0.1, 0.15) is 34.5 Å². The minimum Gasteiger partial charge on any atom is -0.327 e. The number of thioether (sulfide) groups is 1. The third-order valence-electron chi connectivity index (χ3n) is 7.02. The number of nitrogens with one attached hydrogen (secondary N) is 1. The lowest BCUT2D eigenvalue weighted by atomic mass is 10.0. The number of carbonyl (C=O) groups is 3. The molecule has 4 aromatic rings. The molecule has 1 N–H and O–H groups in total. The van der Waals surface area contributed by atoms with E-state index in [1.165, 1.54) is 6.92 Å². The summed E-state index contributed by atoms with van der Waals surface area (Å²) in [4.78, 5) is 53.9. The van der Waals surface area contributed by atoms with Crippen molar-refractivity contribution in [3.8, 4) is 11.1 Å². The molecular weight excluding hydrogens is 582 g/mol. The zero-order chi connectivity index (χ0) is 27.4. The van der Waals surface area contributed by atoms with Gasteiger partial charge in [0.2, 0.25) is 11.8 Å². The van der Waals surface area contributed by atoms with Crippen molar-refractivity contribution in [1.29, 1.82) is 0 Å². The van der Waals surface area contributed by atoms with Crippen LogP contribution >= 0.6 is 27.7 Å². The molecule has 0 bridgehead atoms. The van der Waals surface area contributed by atoms with Gasteiger partial charge in [0.25, 0.3) is 0 Å². The number of fused-ring (bicyclic) bond motifs is 2. The Labute approximate surface area is 236 Å². The van der Waals surface area contributed by atoms with Gasteiger partial charge in [-0.15, -0.1) is 11.8 Å². The van der Waals surface area contributed by atoms with Crippen LogP contribution in [0.1, 0.15) is 28.8 Å². The number of likely N-dealkylation sites (tertiary alicyclic amines) is 1. The van der Waals surface area contributed by atoms with E-state index in [0.29, 0.717) is 33.7 Å². The molecular formula is C27H24BrN7O3S. The summed E-state index contributed by atoms with van der Waals surface area (Å²) < 4.78 is 2.17. The van der Waals surface area contributed by atoms with Crippen molar-refractivity contribution in [2.45, 2.75) is 43.9 Å². The minimum atomic E-state index is -0.602. The highest BCUT2D eigenvalue weighted by Crippen LogP contribution is 2.51. The highest BCUT2D eigenvalue weighted by atomic mass is 79.9. The van der Waals surface area contributed by atoms with Crippen LogP contribution in [-0.2, 0) is 16.1 Å². The van der Waals surface area contributed by atoms with Crippen LogP contribution in [0.5, 0.6) is 0 Å². The fourth-order valence-electron chi connectivity index (χ4n) is 4.94. The number of hydrogen-bond donors (Lipinski definition) is 1. The molecule has 12 heteroatoms. The van der Waals surface area contributed by atoms with Gasteiger partial charge in [-0.2, -0.15) is 5.10 Å². The van der Waals surface area contributed by atoms with Crippen LogP contribution in [0.15, 0.2) is 47.3 Å². The van der Waals surface area contributed by atoms with Gasteiger partial charge in [0.05, 0.1) is 5.52 Å². The summed E-state index contributed by atoms with van der Waals surface area (Å²) in [5, 5.41) is 8.36. The van der Waals surface area contributed by atoms with E-state index in [1.54, 1.807) is 33.7 Å². The molecule has 0 saturated carbocycles. The molecule has 3 aromatic heterocycles. The smallest absolute Gasteiger partial charge is 0.249 e. The van der Waals surface area contributed by atoms with E-state index in [4.69, 9.17) is 0 Å². The summed E-state index contributed by atoms with van der Waals surface area (Å²) in [6.45, 7) is 5.55. The number of hydrogen-bond acceptors (Lipinski definition) is 8. The first kappa shape index (κ1) is 25.6. The highest BCUT2D eigenvalue weighted by Gasteiger charge is 2.58. The molecule has 0 unspecified atom stereocenters. The molecule has 39 heavy (non-hydrogen) atoms. The highest BCUT2D eigenvalue weighted by molar-refractivity contribution is 9.10. The number of nitrogens with zero attached hydrogens (tertiary/aromatic N) is 6. The molecule has 5 heterocycles. The van der Waals surface area contributed by atoms with Gasteiger partial charge >= 0.3 is 0 Å². The number of carbonyl (C=O) groups excluding carboxylic acids is 3. The van der Waals surface area contributed by atoms with Crippen LogP contribution in [0.4, 0.5) is 5.82 Å². The number of pyridine rings is 1. The SMILES string of the molecule is CC(=O)c1nn(CC(=O)N2C[C@@H]3S[C@@H]3[C@H]2C(=O)Nc2nc(Br)ccc2C)c2ccc(-c3cnc(C)nc3)cc12. The Morgan fingerprint density at radius 2 is 1.87 bits per heavy atom. The Bertz CT molecular complexity index is 1660. The van der Waals surface area contributed by atoms with Crippen molar-refractivity contribution < 1.29 is 14.4 Å². The molecule has 2 amide bonds.